The molecule has 10 heteroatoms. The molecular weight excluding hydrogens is 495 g/mol. The molecule has 0 atom stereocenters. The zero-order valence-corrected chi connectivity index (χ0v) is 20.6. The lowest BCUT2D eigenvalue weighted by Crippen LogP contribution is -2.49. The van der Waals surface area contributed by atoms with Gasteiger partial charge in [-0.25, -0.2) is 14.8 Å². The summed E-state index contributed by atoms with van der Waals surface area (Å²) < 4.78 is 6.31. The van der Waals surface area contributed by atoms with Gasteiger partial charge in [0, 0.05) is 30.9 Å². The van der Waals surface area contributed by atoms with Gasteiger partial charge in [-0.15, -0.1) is 11.3 Å². The van der Waals surface area contributed by atoms with Gasteiger partial charge in [-0.2, -0.15) is 0 Å². The number of benzene rings is 2. The van der Waals surface area contributed by atoms with Gasteiger partial charge in [0.1, 0.15) is 0 Å². The maximum Gasteiger partial charge on any atom is 0.360 e. The first-order chi connectivity index (χ1) is 16.4. The number of ether oxygens (including phenoxy) is 1. The van der Waals surface area contributed by atoms with Crippen molar-refractivity contribution in [2.45, 2.75) is 6.92 Å². The van der Waals surface area contributed by atoms with E-state index in [1.54, 1.807) is 19.1 Å². The number of rotatable bonds is 4. The molecule has 1 amide bonds. The lowest BCUT2D eigenvalue weighted by molar-refractivity contribution is 0.0519. The average molecular weight is 515 g/mol. The van der Waals surface area contributed by atoms with Gasteiger partial charge in [-0.05, 0) is 36.6 Å². The SMILES string of the molecule is CCOC(=O)c1nc2cc(Cl)c(Cl)cc2nc1N1CCN(C(=O)c2cc3ccccc3s2)CC1. The van der Waals surface area contributed by atoms with Gasteiger partial charge in [0.2, 0.25) is 0 Å². The third-order valence-electron chi connectivity index (χ3n) is 5.66. The Kier molecular flexibility index (Phi) is 6.29. The fraction of sp³-hybridized carbons (Fsp3) is 0.250. The fourth-order valence-corrected chi connectivity index (χ4v) is 5.31. The topological polar surface area (TPSA) is 75.6 Å². The van der Waals surface area contributed by atoms with E-state index in [0.717, 1.165) is 15.0 Å². The monoisotopic (exact) mass is 514 g/mol. The number of aromatic nitrogens is 2. The van der Waals surface area contributed by atoms with Gasteiger partial charge < -0.3 is 14.5 Å². The van der Waals surface area contributed by atoms with E-state index in [9.17, 15) is 9.59 Å². The molecule has 34 heavy (non-hydrogen) atoms. The third-order valence-corrected chi connectivity index (χ3v) is 7.49. The van der Waals surface area contributed by atoms with Crippen LogP contribution in [-0.2, 0) is 4.74 Å². The molecule has 174 valence electrons. The van der Waals surface area contributed by atoms with Crippen molar-refractivity contribution in [3.63, 3.8) is 0 Å². The van der Waals surface area contributed by atoms with Crippen LogP contribution in [0.3, 0.4) is 0 Å². The number of anilines is 1. The number of carbonyl (C=O) groups excluding carboxylic acids is 2. The fourth-order valence-electron chi connectivity index (χ4n) is 3.96. The molecule has 2 aromatic carbocycles. The van der Waals surface area contributed by atoms with Gasteiger partial charge in [-0.1, -0.05) is 41.4 Å². The highest BCUT2D eigenvalue weighted by Gasteiger charge is 2.28. The Labute approximate surface area is 209 Å². The molecule has 0 spiro atoms. The summed E-state index contributed by atoms with van der Waals surface area (Å²) in [5, 5.41) is 1.76. The molecule has 7 nitrogen and oxygen atoms in total. The summed E-state index contributed by atoms with van der Waals surface area (Å²) in [7, 11) is 0. The van der Waals surface area contributed by atoms with Crippen molar-refractivity contribution in [2.75, 3.05) is 37.7 Å². The van der Waals surface area contributed by atoms with Crippen LogP contribution in [0.25, 0.3) is 21.1 Å². The van der Waals surface area contributed by atoms with Gasteiger partial charge in [0.25, 0.3) is 5.91 Å². The van der Waals surface area contributed by atoms with E-state index in [2.05, 4.69) is 9.97 Å². The molecule has 3 heterocycles. The van der Waals surface area contributed by atoms with Crippen LogP contribution in [-0.4, -0.2) is 59.5 Å². The Morgan fingerprint density at radius 1 is 1.00 bits per heavy atom. The molecular formula is C24H20Cl2N4O3S. The minimum Gasteiger partial charge on any atom is -0.461 e. The normalized spacial score (nSPS) is 14.1. The van der Waals surface area contributed by atoms with Crippen LogP contribution in [0, 0.1) is 0 Å². The maximum atomic E-state index is 13.1. The highest BCUT2D eigenvalue weighted by molar-refractivity contribution is 7.20. The van der Waals surface area contributed by atoms with Gasteiger partial charge in [0.05, 0.1) is 32.6 Å². The minimum atomic E-state index is -0.554. The number of piperazine rings is 1. The number of esters is 1. The molecule has 4 aromatic rings. The van der Waals surface area contributed by atoms with Crippen molar-refractivity contribution < 1.29 is 14.3 Å². The molecule has 0 saturated carbocycles. The molecule has 1 fully saturated rings. The summed E-state index contributed by atoms with van der Waals surface area (Å²) in [6.07, 6.45) is 0. The number of fused-ring (bicyclic) bond motifs is 2. The summed E-state index contributed by atoms with van der Waals surface area (Å²) in [5.41, 5.74) is 1.11. The zero-order chi connectivity index (χ0) is 23.8. The van der Waals surface area contributed by atoms with E-state index >= 15 is 0 Å². The highest BCUT2D eigenvalue weighted by atomic mass is 35.5. The van der Waals surface area contributed by atoms with Crippen molar-refractivity contribution in [1.82, 2.24) is 14.9 Å². The molecule has 1 saturated heterocycles. The number of halogens is 2. The first kappa shape index (κ1) is 22.8. The largest absolute Gasteiger partial charge is 0.461 e. The Bertz CT molecular complexity index is 1380. The van der Waals surface area contributed by atoms with Crippen molar-refractivity contribution in [1.29, 1.82) is 0 Å². The predicted molar refractivity (Wildman–Crippen MR) is 135 cm³/mol. The Morgan fingerprint density at radius 2 is 1.68 bits per heavy atom. The molecule has 1 aliphatic heterocycles. The van der Waals surface area contributed by atoms with Gasteiger partial charge in [0.15, 0.2) is 11.5 Å². The standard InChI is InChI=1S/C24H20Cl2N4O3S/c1-2-33-24(32)21-22(28-18-13-16(26)15(25)12-17(18)27-21)29-7-9-30(10-8-29)23(31)20-11-14-5-3-4-6-19(14)34-20/h3-6,11-13H,2,7-10H2,1H3. The molecule has 1 aliphatic rings. The van der Waals surface area contributed by atoms with Gasteiger partial charge in [-0.3, -0.25) is 4.79 Å². The summed E-state index contributed by atoms with van der Waals surface area (Å²) in [6, 6.07) is 13.1. The predicted octanol–water partition coefficient (Wildman–Crippen LogP) is 5.29. The van der Waals surface area contributed by atoms with E-state index < -0.39 is 5.97 Å². The van der Waals surface area contributed by atoms with Crippen molar-refractivity contribution >= 4 is 73.4 Å². The van der Waals surface area contributed by atoms with E-state index in [1.807, 2.05) is 40.1 Å². The summed E-state index contributed by atoms with van der Waals surface area (Å²) in [6.45, 7) is 3.96. The first-order valence-electron chi connectivity index (χ1n) is 10.8. The number of carbonyl (C=O) groups is 2. The molecule has 2 aromatic heterocycles. The number of thiophene rings is 1. The molecule has 0 bridgehead atoms. The van der Waals surface area contributed by atoms with E-state index in [0.29, 0.717) is 53.1 Å². The number of nitrogens with zero attached hydrogens (tertiary/aromatic N) is 4. The van der Waals surface area contributed by atoms with Crippen LogP contribution < -0.4 is 4.90 Å². The molecule has 5 rings (SSSR count). The van der Waals surface area contributed by atoms with Crippen LogP contribution in [0.4, 0.5) is 5.82 Å². The number of amides is 1. The Balaban J connectivity index is 1.40. The lowest BCUT2D eigenvalue weighted by atomic mass is 10.2. The maximum absolute atomic E-state index is 13.1. The minimum absolute atomic E-state index is 0.0116. The number of hydrogen-bond donors (Lipinski definition) is 0. The van der Waals surface area contributed by atoms with Crippen LogP contribution in [0.2, 0.25) is 10.0 Å². The first-order valence-corrected chi connectivity index (χ1v) is 12.4. The molecule has 0 radical (unpaired) electrons. The molecule has 0 N–H and O–H groups in total. The molecule has 0 aliphatic carbocycles. The van der Waals surface area contributed by atoms with Crippen molar-refractivity contribution in [2.24, 2.45) is 0 Å². The second-order valence-electron chi connectivity index (χ2n) is 7.80. The van der Waals surface area contributed by atoms with Crippen LogP contribution >= 0.6 is 34.5 Å². The Hall–Kier alpha value is -2.94. The van der Waals surface area contributed by atoms with E-state index in [-0.39, 0.29) is 18.2 Å². The molecule has 0 unspecified atom stereocenters. The smallest absolute Gasteiger partial charge is 0.360 e. The van der Waals surface area contributed by atoms with Crippen molar-refractivity contribution in [3.8, 4) is 0 Å². The Morgan fingerprint density at radius 3 is 2.35 bits per heavy atom. The average Bonchev–Trinajstić information content (AvgIpc) is 3.28. The van der Waals surface area contributed by atoms with Crippen LogP contribution in [0.1, 0.15) is 27.1 Å². The van der Waals surface area contributed by atoms with E-state index in [4.69, 9.17) is 27.9 Å². The third kappa shape index (κ3) is 4.29. The number of hydrogen-bond acceptors (Lipinski definition) is 7. The van der Waals surface area contributed by atoms with E-state index in [1.165, 1.54) is 11.3 Å². The van der Waals surface area contributed by atoms with Crippen LogP contribution in [0.5, 0.6) is 0 Å². The highest BCUT2D eigenvalue weighted by Crippen LogP contribution is 2.30. The second-order valence-corrected chi connectivity index (χ2v) is 9.70. The van der Waals surface area contributed by atoms with Gasteiger partial charge >= 0.3 is 5.97 Å². The van der Waals surface area contributed by atoms with Crippen LogP contribution in [0.15, 0.2) is 42.5 Å². The summed E-state index contributed by atoms with van der Waals surface area (Å²) in [5.74, 6) is -0.127. The quantitative estimate of drug-likeness (QED) is 0.344. The summed E-state index contributed by atoms with van der Waals surface area (Å²) in [4.78, 5) is 39.5. The second kappa shape index (κ2) is 9.37. The summed E-state index contributed by atoms with van der Waals surface area (Å²) >= 11 is 13.8. The lowest BCUT2D eigenvalue weighted by Gasteiger charge is -2.35. The zero-order valence-electron chi connectivity index (χ0n) is 18.3. The van der Waals surface area contributed by atoms with Crippen molar-refractivity contribution in [3.05, 3.63) is 63.1 Å².